The van der Waals surface area contributed by atoms with Crippen molar-refractivity contribution in [3.8, 4) is 0 Å². The molecule has 2 N–H and O–H groups in total. The second kappa shape index (κ2) is 7.39. The van der Waals surface area contributed by atoms with E-state index in [1.54, 1.807) is 36.5 Å². The number of hydrogen-bond acceptors (Lipinski definition) is 4. The number of anilines is 2. The van der Waals surface area contributed by atoms with E-state index < -0.39 is 0 Å². The van der Waals surface area contributed by atoms with Crippen molar-refractivity contribution in [2.45, 2.75) is 0 Å². The van der Waals surface area contributed by atoms with Crippen LogP contribution in [0.1, 0.15) is 20.0 Å². The maximum absolute atomic E-state index is 12.7. The van der Waals surface area contributed by atoms with Crippen LogP contribution in [0.2, 0.25) is 0 Å². The fraction of sp³-hybridized carbons (Fsp3) is 0. The van der Waals surface area contributed by atoms with E-state index in [4.69, 9.17) is 0 Å². The van der Waals surface area contributed by atoms with E-state index in [1.165, 1.54) is 11.3 Å². The molecule has 0 bridgehead atoms. The molecule has 0 radical (unpaired) electrons. The van der Waals surface area contributed by atoms with Crippen molar-refractivity contribution in [3.05, 3.63) is 88.7 Å². The Bertz CT molecular complexity index is 1120. The molecule has 5 nitrogen and oxygen atoms in total. The van der Waals surface area contributed by atoms with Crippen molar-refractivity contribution >= 4 is 45.4 Å². The normalized spacial score (nSPS) is 10.5. The highest BCUT2D eigenvalue weighted by atomic mass is 32.1. The summed E-state index contributed by atoms with van der Waals surface area (Å²) in [6.45, 7) is 0. The van der Waals surface area contributed by atoms with Gasteiger partial charge in [-0.15, -0.1) is 11.3 Å². The molecule has 0 fully saturated rings. The SMILES string of the molecule is O=C(Nc1cccc2cccnc12)c1cccc(NC(=O)c2cccs2)c1. The van der Waals surface area contributed by atoms with Crippen LogP contribution < -0.4 is 10.6 Å². The summed E-state index contributed by atoms with van der Waals surface area (Å²) in [6.07, 6.45) is 1.69. The molecule has 0 aliphatic rings. The summed E-state index contributed by atoms with van der Waals surface area (Å²) >= 11 is 1.37. The second-order valence-corrected chi connectivity index (χ2v) is 6.79. The first-order valence-electron chi connectivity index (χ1n) is 8.31. The highest BCUT2D eigenvalue weighted by Gasteiger charge is 2.11. The van der Waals surface area contributed by atoms with Crippen molar-refractivity contribution in [3.63, 3.8) is 0 Å². The highest BCUT2D eigenvalue weighted by molar-refractivity contribution is 7.12. The molecule has 0 saturated carbocycles. The number of thiophene rings is 1. The minimum atomic E-state index is -0.264. The summed E-state index contributed by atoms with van der Waals surface area (Å²) in [5, 5.41) is 8.50. The highest BCUT2D eigenvalue weighted by Crippen LogP contribution is 2.22. The molecular formula is C21H15N3O2S. The Morgan fingerprint density at radius 3 is 2.56 bits per heavy atom. The number of rotatable bonds is 4. The van der Waals surface area contributed by atoms with Crippen molar-refractivity contribution in [1.82, 2.24) is 4.98 Å². The third kappa shape index (κ3) is 3.70. The van der Waals surface area contributed by atoms with Crippen molar-refractivity contribution in [2.24, 2.45) is 0 Å². The third-order valence-corrected chi connectivity index (χ3v) is 4.88. The zero-order valence-electron chi connectivity index (χ0n) is 14.2. The Morgan fingerprint density at radius 2 is 1.70 bits per heavy atom. The van der Waals surface area contributed by atoms with Crippen LogP contribution in [-0.4, -0.2) is 16.8 Å². The average Bonchev–Trinajstić information content (AvgIpc) is 3.23. The van der Waals surface area contributed by atoms with Gasteiger partial charge in [0, 0.05) is 22.8 Å². The zero-order valence-corrected chi connectivity index (χ0v) is 15.0. The lowest BCUT2D eigenvalue weighted by molar-refractivity contribution is 0.101. The Labute approximate surface area is 159 Å². The molecular weight excluding hydrogens is 358 g/mol. The first-order valence-corrected chi connectivity index (χ1v) is 9.19. The number of fused-ring (bicyclic) bond motifs is 1. The summed E-state index contributed by atoms with van der Waals surface area (Å²) in [4.78, 5) is 29.8. The Morgan fingerprint density at radius 1 is 0.852 bits per heavy atom. The molecule has 4 aromatic rings. The number of nitrogens with zero attached hydrogens (tertiary/aromatic N) is 1. The Kier molecular flexibility index (Phi) is 4.63. The van der Waals surface area contributed by atoms with E-state index in [9.17, 15) is 9.59 Å². The van der Waals surface area contributed by atoms with E-state index in [1.807, 2.05) is 41.8 Å². The van der Waals surface area contributed by atoms with Crippen LogP contribution >= 0.6 is 11.3 Å². The molecule has 6 heteroatoms. The first-order chi connectivity index (χ1) is 13.2. The number of aromatic nitrogens is 1. The largest absolute Gasteiger partial charge is 0.321 e. The maximum atomic E-state index is 12.7. The molecule has 0 atom stereocenters. The van der Waals surface area contributed by atoms with Gasteiger partial charge in [0.25, 0.3) is 11.8 Å². The third-order valence-electron chi connectivity index (χ3n) is 4.01. The van der Waals surface area contributed by atoms with Crippen molar-refractivity contribution in [1.29, 1.82) is 0 Å². The fourth-order valence-corrected chi connectivity index (χ4v) is 3.36. The Balaban J connectivity index is 1.54. The molecule has 0 unspecified atom stereocenters. The summed E-state index contributed by atoms with van der Waals surface area (Å²) in [6, 6.07) is 19.8. The number of carbonyl (C=O) groups excluding carboxylic acids is 2. The van der Waals surface area contributed by atoms with Crippen LogP contribution in [0.5, 0.6) is 0 Å². The van der Waals surface area contributed by atoms with Crippen LogP contribution in [0.3, 0.4) is 0 Å². The van der Waals surface area contributed by atoms with Gasteiger partial charge >= 0.3 is 0 Å². The lowest BCUT2D eigenvalue weighted by atomic mass is 10.1. The molecule has 2 amide bonds. The summed E-state index contributed by atoms with van der Waals surface area (Å²) in [5.74, 6) is -0.457. The average molecular weight is 373 g/mol. The van der Waals surface area contributed by atoms with Crippen LogP contribution in [0, 0.1) is 0 Å². The monoisotopic (exact) mass is 373 g/mol. The van der Waals surface area contributed by atoms with E-state index in [-0.39, 0.29) is 11.8 Å². The summed E-state index contributed by atoms with van der Waals surface area (Å²) in [7, 11) is 0. The molecule has 0 saturated heterocycles. The summed E-state index contributed by atoms with van der Waals surface area (Å²) < 4.78 is 0. The fourth-order valence-electron chi connectivity index (χ4n) is 2.74. The number of nitrogens with one attached hydrogen (secondary N) is 2. The van der Waals surface area contributed by atoms with Gasteiger partial charge in [0.1, 0.15) is 0 Å². The first kappa shape index (κ1) is 16.9. The molecule has 0 aliphatic carbocycles. The minimum absolute atomic E-state index is 0.194. The van der Waals surface area contributed by atoms with Gasteiger partial charge in [-0.05, 0) is 41.8 Å². The number of carbonyl (C=O) groups is 2. The van der Waals surface area contributed by atoms with Gasteiger partial charge in [-0.1, -0.05) is 30.3 Å². The van der Waals surface area contributed by atoms with E-state index in [0.717, 1.165) is 10.9 Å². The van der Waals surface area contributed by atoms with Crippen LogP contribution in [0.25, 0.3) is 10.9 Å². The van der Waals surface area contributed by atoms with Gasteiger partial charge in [0.2, 0.25) is 0 Å². The molecule has 132 valence electrons. The van der Waals surface area contributed by atoms with Gasteiger partial charge in [-0.2, -0.15) is 0 Å². The molecule has 27 heavy (non-hydrogen) atoms. The predicted octanol–water partition coefficient (Wildman–Crippen LogP) is 4.80. The molecule has 0 spiro atoms. The van der Waals surface area contributed by atoms with Crippen LogP contribution in [0.15, 0.2) is 78.3 Å². The van der Waals surface area contributed by atoms with E-state index >= 15 is 0 Å². The minimum Gasteiger partial charge on any atom is -0.321 e. The standard InChI is InChI=1S/C21H15N3O2S/c25-20(24-17-9-2-5-14-7-3-11-22-19(14)17)15-6-1-8-16(13-15)23-21(26)18-10-4-12-27-18/h1-13H,(H,23,26)(H,24,25). The maximum Gasteiger partial charge on any atom is 0.265 e. The number of amides is 2. The van der Waals surface area contributed by atoms with Crippen molar-refractivity contribution < 1.29 is 9.59 Å². The van der Waals surface area contributed by atoms with E-state index in [2.05, 4.69) is 15.6 Å². The molecule has 0 aliphatic heterocycles. The Hall–Kier alpha value is -3.51. The van der Waals surface area contributed by atoms with Crippen molar-refractivity contribution in [2.75, 3.05) is 10.6 Å². The van der Waals surface area contributed by atoms with E-state index in [0.29, 0.717) is 21.8 Å². The molecule has 2 aromatic carbocycles. The zero-order chi connectivity index (χ0) is 18.6. The topological polar surface area (TPSA) is 71.1 Å². The van der Waals surface area contributed by atoms with Gasteiger partial charge in [0.15, 0.2) is 0 Å². The molecule has 4 rings (SSSR count). The number of para-hydroxylation sites is 1. The summed E-state index contributed by atoms with van der Waals surface area (Å²) in [5.41, 5.74) is 2.39. The van der Waals surface area contributed by atoms with Gasteiger partial charge < -0.3 is 10.6 Å². The van der Waals surface area contributed by atoms with Gasteiger partial charge in [-0.3, -0.25) is 14.6 Å². The number of hydrogen-bond donors (Lipinski definition) is 2. The number of pyridine rings is 1. The lowest BCUT2D eigenvalue weighted by Gasteiger charge is -2.09. The molecule has 2 heterocycles. The smallest absolute Gasteiger partial charge is 0.265 e. The van der Waals surface area contributed by atoms with Gasteiger partial charge in [0.05, 0.1) is 16.1 Å². The van der Waals surface area contributed by atoms with Gasteiger partial charge in [-0.25, -0.2) is 0 Å². The van der Waals surface area contributed by atoms with Crippen LogP contribution in [-0.2, 0) is 0 Å². The number of benzene rings is 2. The molecule has 2 aromatic heterocycles. The predicted molar refractivity (Wildman–Crippen MR) is 108 cm³/mol. The second-order valence-electron chi connectivity index (χ2n) is 5.85. The quantitative estimate of drug-likeness (QED) is 0.540. The van der Waals surface area contributed by atoms with Crippen LogP contribution in [0.4, 0.5) is 11.4 Å². The lowest BCUT2D eigenvalue weighted by Crippen LogP contribution is -2.14.